The van der Waals surface area contributed by atoms with E-state index in [0.29, 0.717) is 18.7 Å². The van der Waals surface area contributed by atoms with E-state index in [9.17, 15) is 4.79 Å². The first-order valence-electron chi connectivity index (χ1n) is 7.29. The molecule has 0 amide bonds. The summed E-state index contributed by atoms with van der Waals surface area (Å²) in [5.41, 5.74) is 1.04. The molecule has 4 nitrogen and oxygen atoms in total. The van der Waals surface area contributed by atoms with E-state index in [1.54, 1.807) is 0 Å². The molecule has 3 unspecified atom stereocenters. The van der Waals surface area contributed by atoms with Crippen LogP contribution in [-0.2, 0) is 16.1 Å². The Balaban J connectivity index is 1.64. The van der Waals surface area contributed by atoms with Crippen molar-refractivity contribution < 1.29 is 9.53 Å². The maximum atomic E-state index is 12.4. The molecule has 0 aliphatic carbocycles. The highest BCUT2D eigenvalue weighted by Crippen LogP contribution is 2.32. The fraction of sp³-hybridized carbons (Fsp3) is 0.562. The van der Waals surface area contributed by atoms with Gasteiger partial charge in [-0.05, 0) is 32.5 Å². The summed E-state index contributed by atoms with van der Waals surface area (Å²) in [5, 5.41) is 0. The molecule has 2 aliphatic rings. The van der Waals surface area contributed by atoms with Crippen LogP contribution >= 0.6 is 0 Å². The molecule has 0 N–H and O–H groups in total. The minimum absolute atomic E-state index is 0.0893. The summed E-state index contributed by atoms with van der Waals surface area (Å²) in [4.78, 5) is 16.9. The molecular weight excluding hydrogens is 252 g/mol. The molecule has 20 heavy (non-hydrogen) atoms. The van der Waals surface area contributed by atoms with Gasteiger partial charge in [-0.3, -0.25) is 14.6 Å². The fourth-order valence-electron chi connectivity index (χ4n) is 3.53. The van der Waals surface area contributed by atoms with Gasteiger partial charge in [0.2, 0.25) is 0 Å². The number of hydrogen-bond acceptors (Lipinski definition) is 4. The van der Waals surface area contributed by atoms with E-state index in [0.717, 1.165) is 18.5 Å². The monoisotopic (exact) mass is 274 g/mol. The number of carbonyl (C=O) groups is 1. The first-order chi connectivity index (χ1) is 9.66. The molecule has 1 aromatic carbocycles. The van der Waals surface area contributed by atoms with Crippen molar-refractivity contribution in [1.82, 2.24) is 9.80 Å². The number of esters is 1. The van der Waals surface area contributed by atoms with Gasteiger partial charge in [0.05, 0.1) is 0 Å². The highest BCUT2D eigenvalue weighted by Gasteiger charge is 2.46. The molecule has 2 saturated heterocycles. The Morgan fingerprint density at radius 2 is 2.00 bits per heavy atom. The molecular formula is C16H22N2O2. The van der Waals surface area contributed by atoms with E-state index in [2.05, 4.69) is 16.8 Å². The van der Waals surface area contributed by atoms with E-state index in [4.69, 9.17) is 4.74 Å². The molecule has 0 saturated carbocycles. The van der Waals surface area contributed by atoms with Crippen molar-refractivity contribution in [3.8, 4) is 0 Å². The molecule has 0 spiro atoms. The minimum atomic E-state index is -0.123. The van der Waals surface area contributed by atoms with Crippen LogP contribution < -0.4 is 0 Å². The second kappa shape index (κ2) is 5.54. The third-order valence-electron chi connectivity index (χ3n) is 4.70. The Labute approximate surface area is 120 Å². The van der Waals surface area contributed by atoms with Crippen molar-refractivity contribution in [1.29, 1.82) is 0 Å². The van der Waals surface area contributed by atoms with E-state index in [1.807, 2.05) is 37.4 Å². The van der Waals surface area contributed by atoms with Crippen LogP contribution in [0.2, 0.25) is 0 Å². The van der Waals surface area contributed by atoms with Crippen LogP contribution in [0.1, 0.15) is 18.4 Å². The van der Waals surface area contributed by atoms with Gasteiger partial charge in [0.15, 0.2) is 0 Å². The number of fused-ring (bicyclic) bond motifs is 2. The van der Waals surface area contributed by atoms with Crippen LogP contribution in [0.5, 0.6) is 0 Å². The highest BCUT2D eigenvalue weighted by atomic mass is 16.5. The summed E-state index contributed by atoms with van der Waals surface area (Å²) in [6, 6.07) is 10.6. The molecule has 3 atom stereocenters. The Hall–Kier alpha value is -1.39. The third-order valence-corrected chi connectivity index (χ3v) is 4.70. The summed E-state index contributed by atoms with van der Waals surface area (Å²) in [6.07, 6.45) is 2.28. The van der Waals surface area contributed by atoms with E-state index < -0.39 is 0 Å². The molecule has 2 fully saturated rings. The number of hydrogen-bond donors (Lipinski definition) is 0. The lowest BCUT2D eigenvalue weighted by Gasteiger charge is -2.42. The zero-order valence-corrected chi connectivity index (χ0v) is 12.2. The molecule has 2 bridgehead atoms. The number of ether oxygens (including phenoxy) is 1. The van der Waals surface area contributed by atoms with Gasteiger partial charge in [-0.25, -0.2) is 0 Å². The van der Waals surface area contributed by atoms with Gasteiger partial charge < -0.3 is 4.74 Å². The number of nitrogens with zero attached hydrogens (tertiary/aromatic N) is 2. The zero-order chi connectivity index (χ0) is 14.1. The normalized spacial score (nSPS) is 30.4. The first kappa shape index (κ1) is 13.6. The lowest BCUT2D eigenvalue weighted by atomic mass is 10.0. The van der Waals surface area contributed by atoms with Crippen LogP contribution in [0.15, 0.2) is 30.3 Å². The maximum absolute atomic E-state index is 12.4. The topological polar surface area (TPSA) is 32.8 Å². The van der Waals surface area contributed by atoms with Crippen molar-refractivity contribution in [2.75, 3.05) is 20.6 Å². The van der Waals surface area contributed by atoms with Crippen molar-refractivity contribution in [2.45, 2.75) is 37.6 Å². The average Bonchev–Trinajstić information content (AvgIpc) is 2.71. The predicted octanol–water partition coefficient (Wildman–Crippen LogP) is 1.51. The Morgan fingerprint density at radius 1 is 1.25 bits per heavy atom. The molecule has 108 valence electrons. The lowest BCUT2D eigenvalue weighted by Crippen LogP contribution is -2.60. The van der Waals surface area contributed by atoms with E-state index in [1.165, 1.54) is 6.42 Å². The number of piperazine rings is 1. The van der Waals surface area contributed by atoms with Crippen molar-refractivity contribution >= 4 is 5.97 Å². The summed E-state index contributed by atoms with van der Waals surface area (Å²) >= 11 is 0. The molecule has 2 heterocycles. The number of rotatable bonds is 3. The van der Waals surface area contributed by atoms with Gasteiger partial charge in [-0.1, -0.05) is 30.3 Å². The first-order valence-corrected chi connectivity index (χ1v) is 7.29. The standard InChI is InChI=1S/C16H22N2O2/c1-17-10-13-8-9-14(18(13)2)15(17)16(19)20-11-12-6-4-3-5-7-12/h3-7,13-15H,8-11H2,1-2H3. The van der Waals surface area contributed by atoms with Crippen LogP contribution in [0.25, 0.3) is 0 Å². The van der Waals surface area contributed by atoms with E-state index >= 15 is 0 Å². The van der Waals surface area contributed by atoms with Gasteiger partial charge in [-0.15, -0.1) is 0 Å². The van der Waals surface area contributed by atoms with Gasteiger partial charge in [-0.2, -0.15) is 0 Å². The van der Waals surface area contributed by atoms with Crippen LogP contribution in [0.4, 0.5) is 0 Å². The zero-order valence-electron chi connectivity index (χ0n) is 12.2. The number of carbonyl (C=O) groups excluding carboxylic acids is 1. The second-order valence-electron chi connectivity index (χ2n) is 5.94. The lowest BCUT2D eigenvalue weighted by molar-refractivity contribution is -0.155. The SMILES string of the molecule is CN1CC2CCC(C1C(=O)OCc1ccccc1)N2C. The average molecular weight is 274 g/mol. The number of benzene rings is 1. The van der Waals surface area contributed by atoms with Gasteiger partial charge in [0.1, 0.15) is 12.6 Å². The van der Waals surface area contributed by atoms with Gasteiger partial charge in [0.25, 0.3) is 0 Å². The summed E-state index contributed by atoms with van der Waals surface area (Å²) < 4.78 is 5.53. The maximum Gasteiger partial charge on any atom is 0.325 e. The minimum Gasteiger partial charge on any atom is -0.460 e. The molecule has 1 aromatic rings. The van der Waals surface area contributed by atoms with Crippen LogP contribution in [-0.4, -0.2) is 54.5 Å². The smallest absolute Gasteiger partial charge is 0.325 e. The van der Waals surface area contributed by atoms with Crippen molar-refractivity contribution in [3.05, 3.63) is 35.9 Å². The number of likely N-dealkylation sites (tertiary alicyclic amines) is 1. The molecule has 4 heteroatoms. The van der Waals surface area contributed by atoms with Crippen molar-refractivity contribution in [2.24, 2.45) is 0 Å². The summed E-state index contributed by atoms with van der Waals surface area (Å²) in [5.74, 6) is -0.0893. The Kier molecular flexibility index (Phi) is 3.76. The number of likely N-dealkylation sites (N-methyl/N-ethyl adjacent to an activating group) is 2. The largest absolute Gasteiger partial charge is 0.460 e. The quantitative estimate of drug-likeness (QED) is 0.782. The molecule has 0 aromatic heterocycles. The van der Waals surface area contributed by atoms with Crippen LogP contribution in [0, 0.1) is 0 Å². The summed E-state index contributed by atoms with van der Waals surface area (Å²) in [6.45, 7) is 1.32. The van der Waals surface area contributed by atoms with Crippen LogP contribution in [0.3, 0.4) is 0 Å². The Morgan fingerprint density at radius 3 is 2.75 bits per heavy atom. The third kappa shape index (κ3) is 2.45. The van der Waals surface area contributed by atoms with Gasteiger partial charge in [0, 0.05) is 18.6 Å². The fourth-order valence-corrected chi connectivity index (χ4v) is 3.53. The molecule has 0 radical (unpaired) electrons. The van der Waals surface area contributed by atoms with E-state index in [-0.39, 0.29) is 12.0 Å². The highest BCUT2D eigenvalue weighted by molar-refractivity contribution is 5.77. The summed E-state index contributed by atoms with van der Waals surface area (Å²) in [7, 11) is 4.17. The second-order valence-corrected chi connectivity index (χ2v) is 5.94. The molecule has 3 rings (SSSR count). The molecule has 2 aliphatic heterocycles. The predicted molar refractivity (Wildman–Crippen MR) is 77.2 cm³/mol. The van der Waals surface area contributed by atoms with Crippen molar-refractivity contribution in [3.63, 3.8) is 0 Å². The van der Waals surface area contributed by atoms with Gasteiger partial charge >= 0.3 is 5.97 Å². The Bertz CT molecular complexity index is 477.